The molecular formula is C25H22ClN3O2. The normalized spacial score (nSPS) is 13.5. The van der Waals surface area contributed by atoms with Crippen molar-refractivity contribution in [2.45, 2.75) is 6.54 Å². The summed E-state index contributed by atoms with van der Waals surface area (Å²) < 4.78 is 0. The van der Waals surface area contributed by atoms with Gasteiger partial charge in [0.25, 0.3) is 11.8 Å². The maximum absolute atomic E-state index is 12.5. The molecule has 2 amide bonds. The Morgan fingerprint density at radius 1 is 0.839 bits per heavy atom. The van der Waals surface area contributed by atoms with Crippen LogP contribution in [0.5, 0.6) is 0 Å². The van der Waals surface area contributed by atoms with Crippen molar-refractivity contribution in [3.63, 3.8) is 0 Å². The van der Waals surface area contributed by atoms with Crippen LogP contribution < -0.4 is 5.73 Å². The highest BCUT2D eigenvalue weighted by Gasteiger charge is 2.34. The third-order valence-electron chi connectivity index (χ3n) is 5.11. The largest absolute Gasteiger partial charge is 0.384 e. The molecule has 156 valence electrons. The van der Waals surface area contributed by atoms with Crippen LogP contribution in [0.1, 0.15) is 43.0 Å². The average Bonchev–Trinajstić information content (AvgIpc) is 3.03. The number of hydrogen-bond donors (Lipinski definition) is 1. The van der Waals surface area contributed by atoms with Crippen LogP contribution in [0, 0.1) is 0 Å². The monoisotopic (exact) mass is 431 g/mol. The fourth-order valence-electron chi connectivity index (χ4n) is 3.39. The van der Waals surface area contributed by atoms with Crippen molar-refractivity contribution in [1.29, 1.82) is 0 Å². The van der Waals surface area contributed by atoms with Crippen molar-refractivity contribution < 1.29 is 9.59 Å². The van der Waals surface area contributed by atoms with Gasteiger partial charge < -0.3 is 5.73 Å². The summed E-state index contributed by atoms with van der Waals surface area (Å²) in [5, 5.41) is 0. The van der Waals surface area contributed by atoms with E-state index in [1.807, 2.05) is 60.7 Å². The zero-order chi connectivity index (χ0) is 21.1. The Balaban J connectivity index is 0.00000272. The first-order chi connectivity index (χ1) is 14.6. The lowest BCUT2D eigenvalue weighted by Crippen LogP contribution is -2.29. The van der Waals surface area contributed by atoms with Crippen molar-refractivity contribution in [1.82, 2.24) is 4.90 Å². The summed E-state index contributed by atoms with van der Waals surface area (Å²) in [7, 11) is 1.67. The number of carbonyl (C=O) groups is 2. The van der Waals surface area contributed by atoms with Gasteiger partial charge in [0.15, 0.2) is 0 Å². The smallest absolute Gasteiger partial charge is 0.261 e. The second-order valence-corrected chi connectivity index (χ2v) is 7.05. The first-order valence-electron chi connectivity index (χ1n) is 9.62. The van der Waals surface area contributed by atoms with Crippen LogP contribution in [0.4, 0.5) is 0 Å². The molecule has 0 saturated heterocycles. The van der Waals surface area contributed by atoms with Crippen molar-refractivity contribution in [2.75, 3.05) is 7.05 Å². The SMILES string of the molecule is CN=C(N)c1ccc(C=Cc2ccc(CN3C(=O)c4ccccc4C3=O)cc2)cc1.Cl. The van der Waals surface area contributed by atoms with Gasteiger partial charge in [-0.25, -0.2) is 0 Å². The summed E-state index contributed by atoms with van der Waals surface area (Å²) in [6.07, 6.45) is 4.03. The first kappa shape index (κ1) is 22.0. The van der Waals surface area contributed by atoms with E-state index < -0.39 is 0 Å². The van der Waals surface area contributed by atoms with Gasteiger partial charge in [0.05, 0.1) is 17.7 Å². The van der Waals surface area contributed by atoms with Gasteiger partial charge in [-0.15, -0.1) is 12.4 Å². The average molecular weight is 432 g/mol. The van der Waals surface area contributed by atoms with Gasteiger partial charge in [0.1, 0.15) is 5.84 Å². The Bertz CT molecular complexity index is 1130. The van der Waals surface area contributed by atoms with E-state index in [1.54, 1.807) is 31.3 Å². The number of nitrogens with zero attached hydrogens (tertiary/aromatic N) is 2. The molecule has 0 fully saturated rings. The first-order valence-corrected chi connectivity index (χ1v) is 9.62. The molecule has 0 radical (unpaired) electrons. The van der Waals surface area contributed by atoms with E-state index in [1.165, 1.54) is 4.90 Å². The Labute approximate surface area is 187 Å². The molecule has 0 atom stereocenters. The molecule has 1 aliphatic heterocycles. The summed E-state index contributed by atoms with van der Waals surface area (Å²) in [4.78, 5) is 30.3. The van der Waals surface area contributed by atoms with E-state index >= 15 is 0 Å². The molecule has 1 aliphatic rings. The fraction of sp³-hybridized carbons (Fsp3) is 0.0800. The van der Waals surface area contributed by atoms with Crippen molar-refractivity contribution >= 4 is 42.2 Å². The number of rotatable bonds is 5. The highest BCUT2D eigenvalue weighted by Crippen LogP contribution is 2.24. The molecule has 0 aliphatic carbocycles. The summed E-state index contributed by atoms with van der Waals surface area (Å²) in [5.74, 6) is 0.0349. The number of amidine groups is 1. The molecule has 0 saturated carbocycles. The van der Waals surface area contributed by atoms with E-state index in [9.17, 15) is 9.59 Å². The van der Waals surface area contributed by atoms with Gasteiger partial charge in [-0.05, 0) is 28.8 Å². The lowest BCUT2D eigenvalue weighted by Gasteiger charge is -2.13. The van der Waals surface area contributed by atoms with Crippen LogP contribution in [0.15, 0.2) is 77.8 Å². The maximum Gasteiger partial charge on any atom is 0.261 e. The molecule has 3 aromatic rings. The van der Waals surface area contributed by atoms with Gasteiger partial charge in [-0.2, -0.15) is 0 Å². The number of nitrogens with two attached hydrogens (primary N) is 1. The Morgan fingerprint density at radius 3 is 1.81 bits per heavy atom. The van der Waals surface area contributed by atoms with E-state index in [2.05, 4.69) is 4.99 Å². The number of carbonyl (C=O) groups excluding carboxylic acids is 2. The van der Waals surface area contributed by atoms with Crippen molar-refractivity contribution in [3.8, 4) is 0 Å². The van der Waals surface area contributed by atoms with E-state index in [0.717, 1.165) is 22.3 Å². The fourth-order valence-corrected chi connectivity index (χ4v) is 3.39. The molecule has 2 N–H and O–H groups in total. The highest BCUT2D eigenvalue weighted by molar-refractivity contribution is 6.21. The number of benzene rings is 3. The van der Waals surface area contributed by atoms with Crippen LogP contribution in [0.2, 0.25) is 0 Å². The number of amides is 2. The summed E-state index contributed by atoms with van der Waals surface area (Å²) in [6, 6.07) is 22.6. The van der Waals surface area contributed by atoms with Gasteiger partial charge in [0, 0.05) is 12.6 Å². The molecule has 0 bridgehead atoms. The predicted molar refractivity (Wildman–Crippen MR) is 126 cm³/mol. The molecule has 1 heterocycles. The molecule has 0 unspecified atom stereocenters. The van der Waals surface area contributed by atoms with Gasteiger partial charge >= 0.3 is 0 Å². The molecule has 0 spiro atoms. The number of aliphatic imine (C=N–C) groups is 1. The van der Waals surface area contributed by atoms with E-state index in [4.69, 9.17) is 5.73 Å². The minimum atomic E-state index is -0.239. The standard InChI is InChI=1S/C25H21N3O2.ClH/c1-27-23(26)20-14-12-18(13-15-20)7-6-17-8-10-19(11-9-17)16-28-24(29)21-4-2-3-5-22(21)25(28)30;/h2-15H,16H2,1H3,(H2,26,27);1H. The predicted octanol–water partition coefficient (Wildman–Crippen LogP) is 4.41. The lowest BCUT2D eigenvalue weighted by molar-refractivity contribution is 0.0642. The van der Waals surface area contributed by atoms with Crippen LogP contribution >= 0.6 is 12.4 Å². The molecular weight excluding hydrogens is 410 g/mol. The van der Waals surface area contributed by atoms with E-state index in [-0.39, 0.29) is 30.8 Å². The molecule has 3 aromatic carbocycles. The third-order valence-corrected chi connectivity index (χ3v) is 5.11. The Hall–Kier alpha value is -3.70. The van der Waals surface area contributed by atoms with Gasteiger partial charge in [0.2, 0.25) is 0 Å². The third kappa shape index (κ3) is 4.57. The van der Waals surface area contributed by atoms with Crippen LogP contribution in [-0.4, -0.2) is 29.6 Å². The maximum atomic E-state index is 12.5. The Kier molecular flexibility index (Phi) is 6.68. The Morgan fingerprint density at radius 2 is 1.32 bits per heavy atom. The lowest BCUT2D eigenvalue weighted by atomic mass is 10.1. The minimum absolute atomic E-state index is 0. The summed E-state index contributed by atoms with van der Waals surface area (Å²) in [6.45, 7) is 0.262. The van der Waals surface area contributed by atoms with Gasteiger partial charge in [-0.1, -0.05) is 72.8 Å². The van der Waals surface area contributed by atoms with Gasteiger partial charge in [-0.3, -0.25) is 19.5 Å². The molecule has 5 nitrogen and oxygen atoms in total. The van der Waals surface area contributed by atoms with Crippen LogP contribution in [-0.2, 0) is 6.54 Å². The van der Waals surface area contributed by atoms with Crippen molar-refractivity contribution in [3.05, 3.63) is 106 Å². The number of imide groups is 1. The zero-order valence-electron chi connectivity index (χ0n) is 17.0. The van der Waals surface area contributed by atoms with Crippen LogP contribution in [0.25, 0.3) is 12.2 Å². The quantitative estimate of drug-likeness (QED) is 0.281. The molecule has 4 rings (SSSR count). The topological polar surface area (TPSA) is 75.8 Å². The summed E-state index contributed by atoms with van der Waals surface area (Å²) in [5.41, 5.74) is 10.6. The second kappa shape index (κ2) is 9.41. The van der Waals surface area contributed by atoms with Crippen LogP contribution in [0.3, 0.4) is 0 Å². The number of halogens is 1. The molecule has 6 heteroatoms. The zero-order valence-corrected chi connectivity index (χ0v) is 17.8. The summed E-state index contributed by atoms with van der Waals surface area (Å²) >= 11 is 0. The molecule has 31 heavy (non-hydrogen) atoms. The number of hydrogen-bond acceptors (Lipinski definition) is 3. The van der Waals surface area contributed by atoms with E-state index in [0.29, 0.717) is 17.0 Å². The highest BCUT2D eigenvalue weighted by atomic mass is 35.5. The number of fused-ring (bicyclic) bond motifs is 1. The van der Waals surface area contributed by atoms with Crippen molar-refractivity contribution in [2.24, 2.45) is 10.7 Å². The minimum Gasteiger partial charge on any atom is -0.384 e. The second-order valence-electron chi connectivity index (χ2n) is 7.05. The molecule has 0 aromatic heterocycles.